The normalized spacial score (nSPS) is 24.9. The third-order valence-corrected chi connectivity index (χ3v) is 5.96. The summed E-state index contributed by atoms with van der Waals surface area (Å²) in [6, 6.07) is 8.96. The van der Waals surface area contributed by atoms with Crippen LogP contribution in [0.25, 0.3) is 17.1 Å². The largest absolute Gasteiger partial charge is 1.00 e. The van der Waals surface area contributed by atoms with Crippen molar-refractivity contribution in [2.45, 2.75) is 45.1 Å². The van der Waals surface area contributed by atoms with Gasteiger partial charge in [0.15, 0.2) is 0 Å². The number of carbonyl (C=O) groups excluding carboxylic acids is 1. The molecule has 2 aliphatic rings. The number of H-pyrrole nitrogens is 1. The zero-order valence-electron chi connectivity index (χ0n) is 15.8. The number of nitrogens with zero attached hydrogens (tertiary/aromatic N) is 1. The zero-order chi connectivity index (χ0) is 15.2. The maximum absolute atomic E-state index is 11.2. The van der Waals surface area contributed by atoms with Crippen LogP contribution in [-0.2, 0) is 11.2 Å². The predicted octanol–water partition coefficient (Wildman–Crippen LogP) is -1.52. The Labute approximate surface area is 248 Å². The second kappa shape index (κ2) is 10.7. The van der Waals surface area contributed by atoms with Crippen molar-refractivity contribution in [1.29, 1.82) is 0 Å². The summed E-state index contributed by atoms with van der Waals surface area (Å²) < 4.78 is 0. The number of hydrogen-bond donors (Lipinski definition) is 1. The average Bonchev–Trinajstić information content (AvgIpc) is 2.93. The monoisotopic (exact) mass is 481 g/mol. The van der Waals surface area contributed by atoms with Crippen LogP contribution in [0.2, 0.25) is 0 Å². The van der Waals surface area contributed by atoms with Gasteiger partial charge in [-0.1, -0.05) is 31.5 Å². The number of nitrogens with one attached hydrogen (secondary N) is 1. The topological polar surface area (TPSA) is 69.6 Å². The molecule has 0 saturated carbocycles. The molecule has 6 heteroatoms. The van der Waals surface area contributed by atoms with E-state index in [4.69, 9.17) is 0 Å². The molecule has 1 aromatic heterocycles. The fraction of sp³-hybridized carbons (Fsp3) is 0.526. The van der Waals surface area contributed by atoms with Gasteiger partial charge in [-0.15, -0.1) is 6.42 Å². The van der Waals surface area contributed by atoms with Gasteiger partial charge >= 0.3 is 116 Å². The number of aromatic nitrogens is 1. The molecule has 3 heterocycles. The number of piperidine rings is 1. The molecule has 0 spiro atoms. The molecule has 0 amide bonds. The second-order valence-corrected chi connectivity index (χ2v) is 6.89. The Morgan fingerprint density at radius 2 is 2.04 bits per heavy atom. The van der Waals surface area contributed by atoms with Crippen molar-refractivity contribution in [3.05, 3.63) is 41.7 Å². The summed E-state index contributed by atoms with van der Waals surface area (Å²) in [4.78, 5) is 17.5. The smallest absolute Gasteiger partial charge is 0.693 e. The van der Waals surface area contributed by atoms with Gasteiger partial charge in [0.25, 0.3) is 0 Å². The zero-order valence-corrected chi connectivity index (χ0v) is 25.6. The number of nitrogens with two attached hydrogens (primary N) is 1. The minimum atomic E-state index is 0. The minimum absolute atomic E-state index is 0. The maximum atomic E-state index is 11.2. The van der Waals surface area contributed by atoms with E-state index in [1.54, 1.807) is 0 Å². The molecular weight excluding hydrogens is 457 g/mol. The second-order valence-electron chi connectivity index (χ2n) is 6.89. The Morgan fingerprint density at radius 3 is 2.76 bits per heavy atom. The van der Waals surface area contributed by atoms with Crippen LogP contribution in [0.4, 0.5) is 0 Å². The summed E-state index contributed by atoms with van der Waals surface area (Å²) >= 11 is 0. The molecule has 0 aliphatic carbocycles. The van der Waals surface area contributed by atoms with Gasteiger partial charge in [-0.3, -0.25) is 11.2 Å². The molecule has 0 unspecified atom stereocenters. The summed E-state index contributed by atoms with van der Waals surface area (Å²) in [5.74, 6) is 0. The van der Waals surface area contributed by atoms with Crippen molar-refractivity contribution >= 4 is 17.2 Å². The first-order chi connectivity index (χ1) is 10.8. The van der Waals surface area contributed by atoms with Gasteiger partial charge in [-0.05, 0) is 42.9 Å². The molecule has 4 nitrogen and oxygen atoms in total. The molecule has 1 fully saturated rings. The Hall–Kier alpha value is 1.96. The summed E-state index contributed by atoms with van der Waals surface area (Å²) in [5, 5.41) is 1.36. The van der Waals surface area contributed by atoms with Crippen LogP contribution >= 0.6 is 0 Å². The van der Waals surface area contributed by atoms with Crippen LogP contribution in [0, 0.1) is 5.41 Å². The molecule has 2 atom stereocenters. The number of para-hydroxylation sites is 1. The Balaban J connectivity index is 0.00000104. The predicted molar refractivity (Wildman–Crippen MR) is 93.9 cm³/mol. The molecule has 0 radical (unpaired) electrons. The fourth-order valence-corrected chi connectivity index (χ4v) is 4.82. The molecular formula is C19H25N3ORb2. The summed E-state index contributed by atoms with van der Waals surface area (Å²) in [6.45, 7) is 4.50. The van der Waals surface area contributed by atoms with Crippen molar-refractivity contribution in [3.8, 4) is 0 Å². The van der Waals surface area contributed by atoms with Crippen LogP contribution in [-0.4, -0.2) is 29.3 Å². The molecule has 25 heavy (non-hydrogen) atoms. The number of benzene rings is 1. The number of aromatic amines is 1. The molecule has 3 N–H and O–H groups in total. The molecule has 0 bridgehead atoms. The quantitative estimate of drug-likeness (QED) is 0.541. The number of fused-ring (bicyclic) bond motifs is 5. The van der Waals surface area contributed by atoms with E-state index in [0.717, 1.165) is 32.4 Å². The van der Waals surface area contributed by atoms with Crippen LogP contribution in [0.1, 0.15) is 49.9 Å². The van der Waals surface area contributed by atoms with Crippen LogP contribution in [0.3, 0.4) is 0 Å². The standard InChI is InChI=1S/C19H23N2O.H2N.2Rb/c1-2-19(10-13-22)9-5-11-21-12-8-15-14-6-3-4-7-16(14)20-17(15)18(19)21;;;/h3-4,6-7,18,20H,2,5,8-12H2,1H3;1H2;;/q2*-1;2*+1/t18-,19+;;;/m1.../s1. The van der Waals surface area contributed by atoms with Gasteiger partial charge in [0.2, 0.25) is 0 Å². The number of rotatable bonds is 3. The van der Waals surface area contributed by atoms with Crippen molar-refractivity contribution < 1.29 is 121 Å². The molecule has 2 aliphatic heterocycles. The Morgan fingerprint density at radius 1 is 1.28 bits per heavy atom. The Bertz CT molecular complexity index is 718. The van der Waals surface area contributed by atoms with E-state index >= 15 is 0 Å². The van der Waals surface area contributed by atoms with Gasteiger partial charge in [-0.2, -0.15) is 0 Å². The minimum Gasteiger partial charge on any atom is -0.693 e. The number of hydrogen-bond acceptors (Lipinski definition) is 2. The van der Waals surface area contributed by atoms with Crippen molar-refractivity contribution in [1.82, 2.24) is 9.88 Å². The van der Waals surface area contributed by atoms with Crippen LogP contribution in [0.5, 0.6) is 0 Å². The molecule has 2 aromatic rings. The third kappa shape index (κ3) is 4.44. The maximum Gasteiger partial charge on any atom is 1.00 e. The van der Waals surface area contributed by atoms with Gasteiger partial charge in [0, 0.05) is 23.1 Å². The van der Waals surface area contributed by atoms with Gasteiger partial charge < -0.3 is 15.9 Å². The molecule has 124 valence electrons. The van der Waals surface area contributed by atoms with E-state index in [9.17, 15) is 4.79 Å². The molecule has 1 aromatic carbocycles. The van der Waals surface area contributed by atoms with Crippen molar-refractivity contribution in [2.75, 3.05) is 13.1 Å². The van der Waals surface area contributed by atoms with Crippen molar-refractivity contribution in [3.63, 3.8) is 0 Å². The van der Waals surface area contributed by atoms with Gasteiger partial charge in [0.1, 0.15) is 0 Å². The summed E-state index contributed by atoms with van der Waals surface area (Å²) in [6.07, 6.45) is 7.27. The van der Waals surface area contributed by atoms with E-state index in [1.807, 2.05) is 0 Å². The Kier molecular flexibility index (Phi) is 10.7. The van der Waals surface area contributed by atoms with Crippen LogP contribution < -0.4 is 116 Å². The van der Waals surface area contributed by atoms with E-state index in [-0.39, 0.29) is 128 Å². The first-order valence-electron chi connectivity index (χ1n) is 8.47. The third-order valence-electron chi connectivity index (χ3n) is 5.96. The van der Waals surface area contributed by atoms with Gasteiger partial charge in [0.05, 0.1) is 6.04 Å². The SMILES string of the molecule is CC[C@@]1(C[C-]=O)CCCN2CCc3c([nH]c4ccccc34)[C@@H]21.[NH2-].[Rb+].[Rb+]. The average molecular weight is 482 g/mol. The van der Waals surface area contributed by atoms with E-state index in [1.165, 1.54) is 28.6 Å². The van der Waals surface area contributed by atoms with E-state index in [0.29, 0.717) is 12.5 Å². The van der Waals surface area contributed by atoms with Crippen LogP contribution in [0.15, 0.2) is 24.3 Å². The van der Waals surface area contributed by atoms with Gasteiger partial charge in [-0.25, -0.2) is 0 Å². The van der Waals surface area contributed by atoms with E-state index in [2.05, 4.69) is 47.4 Å². The summed E-state index contributed by atoms with van der Waals surface area (Å²) in [5.41, 5.74) is 4.13. The molecule has 4 rings (SSSR count). The fourth-order valence-electron chi connectivity index (χ4n) is 4.82. The van der Waals surface area contributed by atoms with E-state index < -0.39 is 0 Å². The molecule has 1 saturated heterocycles. The first kappa shape index (κ1) is 25.0. The summed E-state index contributed by atoms with van der Waals surface area (Å²) in [7, 11) is 0. The van der Waals surface area contributed by atoms with Crippen molar-refractivity contribution in [2.24, 2.45) is 5.41 Å². The first-order valence-corrected chi connectivity index (χ1v) is 8.47.